The number of hydrogen-bond donors (Lipinski definition) is 1. The van der Waals surface area contributed by atoms with E-state index in [1.807, 2.05) is 30.4 Å². The minimum absolute atomic E-state index is 0.0542. The maximum Gasteiger partial charge on any atom is 0.316 e. The van der Waals surface area contributed by atoms with Gasteiger partial charge in [-0.05, 0) is 36.7 Å². The monoisotopic (exact) mass is 457 g/mol. The third kappa shape index (κ3) is 8.47. The maximum atomic E-state index is 13.2. The molecule has 1 aliphatic rings. The molecule has 2 unspecified atom stereocenters. The Morgan fingerprint density at radius 1 is 1.23 bits per heavy atom. The van der Waals surface area contributed by atoms with Gasteiger partial charge in [0, 0.05) is 17.9 Å². The van der Waals surface area contributed by atoms with Crippen molar-refractivity contribution in [3.63, 3.8) is 0 Å². The van der Waals surface area contributed by atoms with E-state index in [0.717, 1.165) is 35.9 Å². The topological polar surface area (TPSA) is 81.7 Å². The first kappa shape index (κ1) is 26.8. The number of esters is 1. The van der Waals surface area contributed by atoms with Crippen LogP contribution in [0.5, 0.6) is 0 Å². The van der Waals surface area contributed by atoms with E-state index in [4.69, 9.17) is 9.57 Å². The van der Waals surface area contributed by atoms with Crippen LogP contribution in [0.3, 0.4) is 0 Å². The van der Waals surface area contributed by atoms with Crippen LogP contribution in [-0.2, 0) is 24.0 Å². The van der Waals surface area contributed by atoms with Crippen LogP contribution in [0.25, 0.3) is 0 Å². The minimum Gasteiger partial charge on any atom is -0.468 e. The van der Waals surface area contributed by atoms with Crippen LogP contribution in [0, 0.1) is 11.8 Å². The predicted octanol–water partition coefficient (Wildman–Crippen LogP) is 3.96. The van der Waals surface area contributed by atoms with Crippen LogP contribution in [0.15, 0.2) is 23.9 Å². The molecule has 1 aliphatic carbocycles. The van der Waals surface area contributed by atoms with Crippen molar-refractivity contribution >= 4 is 41.1 Å². The number of Topliss-reactive ketones (excluding diaryl/α,β-unsaturated/α-hetero) is 2. The average molecular weight is 458 g/mol. The number of carbonyl (C=O) groups is 3. The van der Waals surface area contributed by atoms with Crippen LogP contribution in [0.4, 0.5) is 0 Å². The molecule has 30 heavy (non-hydrogen) atoms. The molecule has 0 spiro atoms. The van der Waals surface area contributed by atoms with Gasteiger partial charge in [0.2, 0.25) is 0 Å². The summed E-state index contributed by atoms with van der Waals surface area (Å²) < 4.78 is 4.92. The van der Waals surface area contributed by atoms with Crippen LogP contribution < -0.4 is 5.48 Å². The fraction of sp³-hybridized carbons (Fsp3) is 0.682. The molecule has 1 fully saturated rings. The SMILES string of the molecule is C=CCONC(CCC)=C1C(=O)CC(CCCSCCSCC)C(C(=O)OC)C1=O. The molecule has 0 aromatic carbocycles. The van der Waals surface area contributed by atoms with Gasteiger partial charge in [0.15, 0.2) is 11.6 Å². The Morgan fingerprint density at radius 3 is 2.60 bits per heavy atom. The number of ketones is 2. The van der Waals surface area contributed by atoms with Crippen molar-refractivity contribution in [1.82, 2.24) is 5.48 Å². The van der Waals surface area contributed by atoms with E-state index >= 15 is 0 Å². The smallest absolute Gasteiger partial charge is 0.316 e. The molecular formula is C22H35NO5S2. The summed E-state index contributed by atoms with van der Waals surface area (Å²) in [4.78, 5) is 43.8. The molecule has 0 radical (unpaired) electrons. The first-order valence-electron chi connectivity index (χ1n) is 10.5. The lowest BCUT2D eigenvalue weighted by Gasteiger charge is -2.30. The van der Waals surface area contributed by atoms with Gasteiger partial charge >= 0.3 is 5.97 Å². The summed E-state index contributed by atoms with van der Waals surface area (Å²) in [7, 11) is 1.28. The van der Waals surface area contributed by atoms with Gasteiger partial charge in [-0.1, -0.05) is 26.3 Å². The number of rotatable bonds is 15. The van der Waals surface area contributed by atoms with Gasteiger partial charge in [0.1, 0.15) is 5.92 Å². The number of nitrogens with one attached hydrogen (secondary N) is 1. The second kappa shape index (κ2) is 15.5. The highest BCUT2D eigenvalue weighted by Gasteiger charge is 2.45. The molecule has 0 aromatic heterocycles. The number of carbonyl (C=O) groups excluding carboxylic acids is 3. The standard InChI is InChI=1S/C22H35NO5S2/c1-5-9-17(23-28-11-6-2)20-18(24)15-16(19(21(20)25)22(26)27-4)10-8-12-30-14-13-29-7-3/h6,16,19,23H,2,5,7-15H2,1,3-4H3. The fourth-order valence-corrected chi connectivity index (χ4v) is 5.26. The van der Waals surface area contributed by atoms with Gasteiger partial charge in [-0.25, -0.2) is 0 Å². The van der Waals surface area contributed by atoms with Crippen LogP contribution in [0.1, 0.15) is 46.0 Å². The molecule has 1 N–H and O–H groups in total. The molecule has 0 saturated heterocycles. The summed E-state index contributed by atoms with van der Waals surface area (Å²) in [6.45, 7) is 7.91. The Labute approximate surface area is 188 Å². The van der Waals surface area contributed by atoms with Gasteiger partial charge in [-0.3, -0.25) is 24.7 Å². The number of hydrogen-bond acceptors (Lipinski definition) is 8. The van der Waals surface area contributed by atoms with Gasteiger partial charge in [-0.2, -0.15) is 23.5 Å². The molecule has 170 valence electrons. The molecule has 6 nitrogen and oxygen atoms in total. The molecule has 0 bridgehead atoms. The second-order valence-corrected chi connectivity index (χ2v) is 9.63. The van der Waals surface area contributed by atoms with Crippen molar-refractivity contribution in [2.45, 2.75) is 46.0 Å². The molecule has 0 aromatic rings. The van der Waals surface area contributed by atoms with Crippen molar-refractivity contribution in [2.75, 3.05) is 36.7 Å². The average Bonchev–Trinajstić information content (AvgIpc) is 2.72. The third-order valence-corrected chi connectivity index (χ3v) is 7.05. The molecule has 0 aliphatic heterocycles. The van der Waals surface area contributed by atoms with E-state index in [1.54, 1.807) is 6.08 Å². The Morgan fingerprint density at radius 2 is 1.97 bits per heavy atom. The van der Waals surface area contributed by atoms with Crippen LogP contribution in [0.2, 0.25) is 0 Å². The van der Waals surface area contributed by atoms with Crippen molar-refractivity contribution in [3.05, 3.63) is 23.9 Å². The summed E-state index contributed by atoms with van der Waals surface area (Å²) in [6, 6.07) is 0. The van der Waals surface area contributed by atoms with E-state index in [0.29, 0.717) is 18.5 Å². The lowest BCUT2D eigenvalue weighted by atomic mass is 9.72. The largest absolute Gasteiger partial charge is 0.468 e. The number of ether oxygens (including phenoxy) is 1. The summed E-state index contributed by atoms with van der Waals surface area (Å²) >= 11 is 3.79. The summed E-state index contributed by atoms with van der Waals surface area (Å²) in [5.74, 6) is 1.80. The first-order chi connectivity index (χ1) is 14.5. The summed E-state index contributed by atoms with van der Waals surface area (Å²) in [5.41, 5.74) is 3.22. The van der Waals surface area contributed by atoms with Crippen LogP contribution >= 0.6 is 23.5 Å². The van der Waals surface area contributed by atoms with Crippen molar-refractivity contribution in [2.24, 2.45) is 11.8 Å². The molecule has 1 rings (SSSR count). The fourth-order valence-electron chi connectivity index (χ4n) is 3.45. The van der Waals surface area contributed by atoms with E-state index in [1.165, 1.54) is 7.11 Å². The number of thioether (sulfide) groups is 2. The van der Waals surface area contributed by atoms with Gasteiger partial charge in [-0.15, -0.1) is 6.58 Å². The Bertz CT molecular complexity index is 621. The molecule has 2 atom stereocenters. The molecule has 8 heteroatoms. The van der Waals surface area contributed by atoms with E-state index in [-0.39, 0.29) is 30.3 Å². The minimum atomic E-state index is -0.934. The zero-order chi connectivity index (χ0) is 22.4. The summed E-state index contributed by atoms with van der Waals surface area (Å²) in [5, 5.41) is 0. The highest BCUT2D eigenvalue weighted by Crippen LogP contribution is 2.34. The Hall–Kier alpha value is -1.25. The normalized spacial score (nSPS) is 20.8. The number of hydroxylamine groups is 1. The highest BCUT2D eigenvalue weighted by atomic mass is 32.2. The van der Waals surface area contributed by atoms with E-state index in [2.05, 4.69) is 19.0 Å². The first-order valence-corrected chi connectivity index (χ1v) is 12.8. The van der Waals surface area contributed by atoms with E-state index in [9.17, 15) is 14.4 Å². The zero-order valence-electron chi connectivity index (χ0n) is 18.4. The third-order valence-electron chi connectivity index (χ3n) is 4.82. The van der Waals surface area contributed by atoms with Gasteiger partial charge in [0.25, 0.3) is 0 Å². The number of allylic oxidation sites excluding steroid dienone is 2. The molecule has 1 saturated carbocycles. The molecular weight excluding hydrogens is 422 g/mol. The van der Waals surface area contributed by atoms with E-state index < -0.39 is 17.7 Å². The quantitative estimate of drug-likeness (QED) is 0.0753. The molecule has 0 heterocycles. The maximum absolute atomic E-state index is 13.2. The Balaban J connectivity index is 2.89. The van der Waals surface area contributed by atoms with Gasteiger partial charge in [0.05, 0.1) is 25.0 Å². The Kier molecular flexibility index (Phi) is 13.9. The predicted molar refractivity (Wildman–Crippen MR) is 124 cm³/mol. The lowest BCUT2D eigenvalue weighted by Crippen LogP contribution is -2.42. The summed E-state index contributed by atoms with van der Waals surface area (Å²) in [6.07, 6.45) is 4.47. The second-order valence-electron chi connectivity index (χ2n) is 7.01. The zero-order valence-corrected chi connectivity index (χ0v) is 20.0. The number of methoxy groups -OCH3 is 1. The van der Waals surface area contributed by atoms with Crippen molar-refractivity contribution in [3.8, 4) is 0 Å². The highest BCUT2D eigenvalue weighted by molar-refractivity contribution is 8.02. The van der Waals surface area contributed by atoms with Crippen LogP contribution in [-0.4, -0.2) is 54.3 Å². The lowest BCUT2D eigenvalue weighted by molar-refractivity contribution is -0.152. The van der Waals surface area contributed by atoms with Crippen molar-refractivity contribution < 1.29 is 24.0 Å². The molecule has 0 amide bonds. The van der Waals surface area contributed by atoms with Crippen molar-refractivity contribution in [1.29, 1.82) is 0 Å². The van der Waals surface area contributed by atoms with Gasteiger partial charge < -0.3 is 4.74 Å².